The number of Topliss-reactive ketones (excluding diaryl/α,β-unsaturated/α-hetero) is 1. The van der Waals surface area contributed by atoms with Crippen molar-refractivity contribution in [2.45, 2.75) is 85.1 Å². The molecule has 1 aliphatic heterocycles. The molecule has 0 spiro atoms. The third-order valence-corrected chi connectivity index (χ3v) is 22.4. The van der Waals surface area contributed by atoms with Crippen LogP contribution in [0.5, 0.6) is 5.75 Å². The van der Waals surface area contributed by atoms with Gasteiger partial charge in [0.05, 0.1) is 0 Å². The zero-order valence-corrected chi connectivity index (χ0v) is 21.9. The summed E-state index contributed by atoms with van der Waals surface area (Å²) in [6.45, 7) is 6.98. The summed E-state index contributed by atoms with van der Waals surface area (Å²) in [5.41, 5.74) is 1.86. The number of hydrogen-bond donors (Lipinski definition) is 0. The van der Waals surface area contributed by atoms with E-state index in [1.54, 1.807) is 3.58 Å². The standard InChI is InChI=1S/C15H11O2.3C4H9.Sn/c16-13-10-15(11-6-2-1-3-7-11)17-14-9-5-4-8-12(13)14;3*1-3-4-2;/h2-9,15H,10H2;3*1,3-4H2,2H3;. The number of ether oxygens (including phenoxy) is 1. The molecule has 3 rings (SSSR count). The van der Waals surface area contributed by atoms with Crippen LogP contribution in [0.25, 0.3) is 0 Å². The van der Waals surface area contributed by atoms with Crippen LogP contribution in [0.15, 0.2) is 48.5 Å². The molecular weight excluding hydrogens is 475 g/mol. The Bertz CT molecular complexity index is 790. The van der Waals surface area contributed by atoms with Crippen LogP contribution in [0.4, 0.5) is 0 Å². The van der Waals surface area contributed by atoms with Crippen LogP contribution in [-0.2, 0) is 0 Å². The van der Waals surface area contributed by atoms with E-state index in [2.05, 4.69) is 45.0 Å². The van der Waals surface area contributed by atoms with E-state index >= 15 is 0 Å². The van der Waals surface area contributed by atoms with E-state index in [0.717, 1.165) is 16.9 Å². The fraction of sp³-hybridized carbons (Fsp3) is 0.519. The molecule has 0 aromatic heterocycles. The van der Waals surface area contributed by atoms with Crippen molar-refractivity contribution in [3.05, 3.63) is 59.7 Å². The van der Waals surface area contributed by atoms with Crippen molar-refractivity contribution < 1.29 is 9.53 Å². The predicted octanol–water partition coefficient (Wildman–Crippen LogP) is 7.45. The molecule has 0 N–H and O–H groups in total. The first-order chi connectivity index (χ1) is 14.6. The third kappa shape index (κ3) is 5.49. The minimum absolute atomic E-state index is 0.159. The Balaban J connectivity index is 1.84. The molecule has 0 bridgehead atoms. The molecule has 0 saturated carbocycles. The van der Waals surface area contributed by atoms with Gasteiger partial charge in [-0.2, -0.15) is 0 Å². The van der Waals surface area contributed by atoms with Crippen molar-refractivity contribution in [1.29, 1.82) is 0 Å². The molecule has 0 amide bonds. The van der Waals surface area contributed by atoms with Crippen molar-refractivity contribution >= 4 is 27.7 Å². The Morgan fingerprint density at radius 2 is 1.40 bits per heavy atom. The molecule has 162 valence electrons. The van der Waals surface area contributed by atoms with E-state index in [1.807, 2.05) is 24.3 Å². The molecular formula is C27H38O2Sn. The summed E-state index contributed by atoms with van der Waals surface area (Å²) in [5, 5.41) is 0. The predicted molar refractivity (Wildman–Crippen MR) is 130 cm³/mol. The van der Waals surface area contributed by atoms with Crippen molar-refractivity contribution in [3.63, 3.8) is 0 Å². The average Bonchev–Trinajstić information content (AvgIpc) is 2.79. The van der Waals surface area contributed by atoms with Gasteiger partial charge in [0.1, 0.15) is 0 Å². The first-order valence-electron chi connectivity index (χ1n) is 12.0. The van der Waals surface area contributed by atoms with Gasteiger partial charge in [0.25, 0.3) is 0 Å². The summed E-state index contributed by atoms with van der Waals surface area (Å²) in [7, 11) is 0. The fourth-order valence-electron chi connectivity index (χ4n) is 4.86. The average molecular weight is 513 g/mol. The van der Waals surface area contributed by atoms with Crippen molar-refractivity contribution in [1.82, 2.24) is 0 Å². The number of unbranched alkanes of at least 4 members (excludes halogenated alkanes) is 3. The van der Waals surface area contributed by atoms with Gasteiger partial charge in [-0.1, -0.05) is 0 Å². The Kier molecular flexibility index (Phi) is 8.85. The number of ketones is 1. The van der Waals surface area contributed by atoms with Crippen LogP contribution >= 0.6 is 0 Å². The van der Waals surface area contributed by atoms with E-state index in [1.165, 1.54) is 51.8 Å². The second-order valence-corrected chi connectivity index (χ2v) is 22.2. The summed E-state index contributed by atoms with van der Waals surface area (Å²) in [6, 6.07) is 17.0. The van der Waals surface area contributed by atoms with Gasteiger partial charge in [-0.05, 0) is 0 Å². The molecule has 0 aliphatic carbocycles. The second kappa shape index (κ2) is 11.4. The Labute approximate surface area is 187 Å². The molecule has 0 saturated heterocycles. The molecule has 1 unspecified atom stereocenters. The van der Waals surface area contributed by atoms with Gasteiger partial charge in [0.15, 0.2) is 0 Å². The fourth-order valence-corrected chi connectivity index (χ4v) is 20.8. The van der Waals surface area contributed by atoms with Crippen LogP contribution in [0.2, 0.25) is 13.3 Å². The Morgan fingerprint density at radius 3 is 1.97 bits per heavy atom. The van der Waals surface area contributed by atoms with Gasteiger partial charge in [-0.3, -0.25) is 0 Å². The second-order valence-electron chi connectivity index (χ2n) is 8.94. The minimum atomic E-state index is -2.39. The number of benzene rings is 2. The summed E-state index contributed by atoms with van der Waals surface area (Å²) in [5.74, 6) is 0.915. The van der Waals surface area contributed by atoms with Crippen molar-refractivity contribution in [3.8, 4) is 5.75 Å². The molecule has 1 heterocycles. The van der Waals surface area contributed by atoms with Gasteiger partial charge < -0.3 is 0 Å². The summed E-state index contributed by atoms with van der Waals surface area (Å²) >= 11 is -2.39. The van der Waals surface area contributed by atoms with Gasteiger partial charge in [-0.15, -0.1) is 0 Å². The molecule has 2 aromatic rings. The molecule has 30 heavy (non-hydrogen) atoms. The first kappa shape index (κ1) is 23.4. The SMILES string of the molecule is CCC[CH2][Sn]([CH2]CCC)([CH2]CCC)[c]1ccc(C2CC(=O)c3ccccc3O2)cc1. The number of rotatable bonds is 11. The molecule has 1 aliphatic rings. The third-order valence-electron chi connectivity index (χ3n) is 6.75. The molecule has 0 fully saturated rings. The molecule has 3 heteroatoms. The Hall–Kier alpha value is -1.29. The van der Waals surface area contributed by atoms with E-state index in [0.29, 0.717) is 6.42 Å². The monoisotopic (exact) mass is 514 g/mol. The Morgan fingerprint density at radius 1 is 0.833 bits per heavy atom. The van der Waals surface area contributed by atoms with Gasteiger partial charge in [0, 0.05) is 0 Å². The van der Waals surface area contributed by atoms with Gasteiger partial charge >= 0.3 is 188 Å². The summed E-state index contributed by atoms with van der Waals surface area (Å²) < 4.78 is 12.3. The first-order valence-corrected chi connectivity index (χ1v) is 19.5. The zero-order valence-electron chi connectivity index (χ0n) is 19.1. The maximum atomic E-state index is 12.6. The number of carbonyl (C=O) groups excluding carboxylic acids is 1. The molecule has 2 aromatic carbocycles. The number of fused-ring (bicyclic) bond motifs is 1. The van der Waals surface area contributed by atoms with Gasteiger partial charge in [-0.25, -0.2) is 0 Å². The van der Waals surface area contributed by atoms with E-state index in [-0.39, 0.29) is 11.9 Å². The summed E-state index contributed by atoms with van der Waals surface area (Å²) in [6.07, 6.45) is 8.30. The topological polar surface area (TPSA) is 26.3 Å². The molecule has 2 nitrogen and oxygen atoms in total. The van der Waals surface area contributed by atoms with E-state index in [4.69, 9.17) is 4.74 Å². The summed E-state index contributed by atoms with van der Waals surface area (Å²) in [4.78, 5) is 12.6. The van der Waals surface area contributed by atoms with Crippen LogP contribution in [0, 0.1) is 0 Å². The number of para-hydroxylation sites is 1. The maximum absolute atomic E-state index is 12.6. The molecule has 0 radical (unpaired) electrons. The van der Waals surface area contributed by atoms with Crippen LogP contribution in [0.1, 0.15) is 87.7 Å². The van der Waals surface area contributed by atoms with Crippen LogP contribution < -0.4 is 8.32 Å². The van der Waals surface area contributed by atoms with Crippen LogP contribution in [0.3, 0.4) is 0 Å². The van der Waals surface area contributed by atoms with Crippen molar-refractivity contribution in [2.24, 2.45) is 0 Å². The van der Waals surface area contributed by atoms with Gasteiger partial charge in [0.2, 0.25) is 0 Å². The quantitative estimate of drug-likeness (QED) is 0.292. The number of hydrogen-bond acceptors (Lipinski definition) is 2. The van der Waals surface area contributed by atoms with Crippen LogP contribution in [-0.4, -0.2) is 24.2 Å². The molecule has 1 atom stereocenters. The van der Waals surface area contributed by atoms with E-state index in [9.17, 15) is 4.79 Å². The number of carbonyl (C=O) groups is 1. The van der Waals surface area contributed by atoms with E-state index < -0.39 is 18.4 Å². The van der Waals surface area contributed by atoms with Crippen molar-refractivity contribution in [2.75, 3.05) is 0 Å². The zero-order chi connectivity index (χ0) is 21.4. The normalized spacial score (nSPS) is 16.2.